The van der Waals surface area contributed by atoms with Crippen LogP contribution in [0.4, 0.5) is 0 Å². The Morgan fingerprint density at radius 1 is 1.00 bits per heavy atom. The van der Waals surface area contributed by atoms with E-state index in [0.29, 0.717) is 67.2 Å². The average Bonchev–Trinajstić information content (AvgIpc) is 3.87. The molecule has 9 heteroatoms. The number of methoxy groups -OCH3 is 2. The molecule has 1 saturated carbocycles. The Labute approximate surface area is 312 Å². The van der Waals surface area contributed by atoms with Gasteiger partial charge < -0.3 is 29.3 Å². The van der Waals surface area contributed by atoms with Gasteiger partial charge >= 0.3 is 0 Å². The maximum Gasteiger partial charge on any atom is 0.227 e. The van der Waals surface area contributed by atoms with Crippen molar-refractivity contribution in [1.82, 2.24) is 4.90 Å². The highest BCUT2D eigenvalue weighted by atomic mass is 32.1. The molecule has 1 amide bonds. The number of nitrogens with zero attached hydrogens (tertiary/aromatic N) is 1. The fourth-order valence-corrected chi connectivity index (χ4v) is 9.59. The highest BCUT2D eigenvalue weighted by Crippen LogP contribution is 2.59. The number of carbonyl (C=O) groups is 2. The van der Waals surface area contributed by atoms with E-state index in [2.05, 4.69) is 32.1 Å². The molecule has 2 N–H and O–H groups in total. The highest BCUT2D eigenvalue weighted by molar-refractivity contribution is 7.14. The predicted octanol–water partition coefficient (Wildman–Crippen LogP) is 7.59. The number of fused-ring (bicyclic) bond motifs is 8. The summed E-state index contributed by atoms with van der Waals surface area (Å²) in [5.41, 5.74) is 2.67. The number of allylic oxidation sites excluding steroid dienone is 2. The maximum atomic E-state index is 14.3. The van der Waals surface area contributed by atoms with E-state index in [9.17, 15) is 19.8 Å². The van der Waals surface area contributed by atoms with E-state index in [-0.39, 0.29) is 36.7 Å². The summed E-state index contributed by atoms with van der Waals surface area (Å²) >= 11 is 1.49. The van der Waals surface area contributed by atoms with Crippen molar-refractivity contribution < 1.29 is 34.0 Å². The van der Waals surface area contributed by atoms with Gasteiger partial charge in [0.15, 0.2) is 11.5 Å². The van der Waals surface area contributed by atoms with Crippen molar-refractivity contribution in [2.75, 3.05) is 33.9 Å². The number of amides is 1. The third kappa shape index (κ3) is 8.18. The minimum atomic E-state index is -1.23. The van der Waals surface area contributed by atoms with E-state index in [1.54, 1.807) is 14.2 Å². The molecule has 5 unspecified atom stereocenters. The monoisotopic (exact) mass is 729 g/mol. The van der Waals surface area contributed by atoms with Gasteiger partial charge in [0, 0.05) is 29.0 Å². The van der Waals surface area contributed by atoms with Crippen LogP contribution in [0.3, 0.4) is 0 Å². The topological polar surface area (TPSA) is 106 Å². The van der Waals surface area contributed by atoms with Crippen LogP contribution in [0.2, 0.25) is 0 Å². The van der Waals surface area contributed by atoms with Gasteiger partial charge in [0.05, 0.1) is 49.9 Å². The number of ketones is 1. The molecule has 2 heterocycles. The standard InChI is InChI=1S/C43H55NO7S/c1-28-8-6-19-42(3)36(34-15-12-30(22-32(45)14-10-28)23-35(34)41(47)39-17-11-29(2)52-39)18-20-43(42,48)27-44(26-33-9-7-21-51-33)40(46)25-31-13-16-37(49-4)38(24-31)50-5/h8,11-13,15-17,23-24,32-33,36,45,48H,6-7,9-10,14,18-22,25-27H2,1-5H3. The summed E-state index contributed by atoms with van der Waals surface area (Å²) in [6.07, 6.45) is 8.13. The molecule has 0 spiro atoms. The number of aliphatic hydroxyl groups is 2. The molecule has 7 rings (SSSR count). The second kappa shape index (κ2) is 16.3. The lowest BCUT2D eigenvalue weighted by Gasteiger charge is -2.46. The normalized spacial score (nSPS) is 26.4. The molecule has 1 aromatic heterocycles. The Morgan fingerprint density at radius 3 is 2.52 bits per heavy atom. The Bertz CT molecular complexity index is 1780. The van der Waals surface area contributed by atoms with E-state index in [0.717, 1.165) is 47.3 Å². The summed E-state index contributed by atoms with van der Waals surface area (Å²) in [7, 11) is 3.17. The first-order valence-corrected chi connectivity index (χ1v) is 19.6. The van der Waals surface area contributed by atoms with Crippen molar-refractivity contribution in [1.29, 1.82) is 0 Å². The number of hydrogen-bond acceptors (Lipinski definition) is 8. The van der Waals surface area contributed by atoms with Crippen LogP contribution >= 0.6 is 11.3 Å². The smallest absolute Gasteiger partial charge is 0.227 e. The largest absolute Gasteiger partial charge is 0.493 e. The van der Waals surface area contributed by atoms with Crippen molar-refractivity contribution in [2.45, 2.75) is 109 Å². The van der Waals surface area contributed by atoms with Crippen molar-refractivity contribution in [3.63, 3.8) is 0 Å². The van der Waals surface area contributed by atoms with Crippen LogP contribution in [0.25, 0.3) is 0 Å². The zero-order valence-corrected chi connectivity index (χ0v) is 32.2. The number of aliphatic hydroxyl groups excluding tert-OH is 1. The van der Waals surface area contributed by atoms with Gasteiger partial charge in [-0.05, 0) is 125 Å². The Morgan fingerprint density at radius 2 is 1.81 bits per heavy atom. The number of ether oxygens (including phenoxy) is 3. The molecule has 2 aromatic carbocycles. The van der Waals surface area contributed by atoms with Gasteiger partial charge in [-0.2, -0.15) is 0 Å². The van der Waals surface area contributed by atoms with Gasteiger partial charge in [-0.1, -0.05) is 36.8 Å². The van der Waals surface area contributed by atoms with Gasteiger partial charge in [0.1, 0.15) is 0 Å². The molecule has 1 aliphatic heterocycles. The van der Waals surface area contributed by atoms with Crippen molar-refractivity contribution >= 4 is 23.0 Å². The van der Waals surface area contributed by atoms with E-state index in [4.69, 9.17) is 14.2 Å². The molecular formula is C43H55NO7S. The Kier molecular flexibility index (Phi) is 11.9. The van der Waals surface area contributed by atoms with Crippen LogP contribution < -0.4 is 9.47 Å². The number of thiophene rings is 1. The molecule has 2 bridgehead atoms. The molecule has 280 valence electrons. The molecule has 0 radical (unpaired) electrons. The number of hydrogen-bond donors (Lipinski definition) is 2. The minimum absolute atomic E-state index is 0.0184. The maximum absolute atomic E-state index is 14.3. The van der Waals surface area contributed by atoms with E-state index in [1.807, 2.05) is 48.2 Å². The quantitative estimate of drug-likeness (QED) is 0.164. The minimum Gasteiger partial charge on any atom is -0.493 e. The number of aryl methyl sites for hydroxylation is 1. The SMILES string of the molecule is COc1ccc(CC(=O)N(CC2CCCO2)CC2(O)CCC3c4ccc(cc4C(=O)c4ccc(C)s4)CC(O)CCC(C)=CCCC32C)cc1OC. The van der Waals surface area contributed by atoms with Crippen LogP contribution in [0.5, 0.6) is 11.5 Å². The first-order valence-electron chi connectivity index (χ1n) is 18.8. The second-order valence-electron chi connectivity index (χ2n) is 15.5. The first kappa shape index (κ1) is 38.2. The summed E-state index contributed by atoms with van der Waals surface area (Å²) in [5.74, 6) is 0.943. The third-order valence-corrected chi connectivity index (χ3v) is 12.9. The first-order chi connectivity index (χ1) is 24.9. The van der Waals surface area contributed by atoms with Gasteiger partial charge in [0.2, 0.25) is 11.7 Å². The predicted molar refractivity (Wildman–Crippen MR) is 205 cm³/mol. The van der Waals surface area contributed by atoms with Crippen LogP contribution in [-0.2, 0) is 22.4 Å². The lowest BCUT2D eigenvalue weighted by molar-refractivity contribution is -0.141. The lowest BCUT2D eigenvalue weighted by Crippen LogP contribution is -2.55. The summed E-state index contributed by atoms with van der Waals surface area (Å²) in [4.78, 5) is 32.2. The van der Waals surface area contributed by atoms with Crippen molar-refractivity contribution in [2.24, 2.45) is 5.41 Å². The third-order valence-electron chi connectivity index (χ3n) is 11.9. The molecular weight excluding hydrogens is 675 g/mol. The molecule has 4 aliphatic rings. The van der Waals surface area contributed by atoms with Gasteiger partial charge in [-0.15, -0.1) is 11.3 Å². The molecule has 8 nitrogen and oxygen atoms in total. The van der Waals surface area contributed by atoms with Crippen LogP contribution in [0, 0.1) is 12.3 Å². The molecule has 2 fully saturated rings. The fourth-order valence-electron chi connectivity index (χ4n) is 8.77. The zero-order chi connectivity index (χ0) is 37.0. The zero-order valence-electron chi connectivity index (χ0n) is 31.4. The molecule has 3 aromatic rings. The van der Waals surface area contributed by atoms with Crippen molar-refractivity contribution in [3.8, 4) is 11.5 Å². The molecule has 3 aliphatic carbocycles. The van der Waals surface area contributed by atoms with Crippen LogP contribution in [-0.4, -0.2) is 78.5 Å². The van der Waals surface area contributed by atoms with E-state index >= 15 is 0 Å². The Hall–Kier alpha value is -3.50. The average molecular weight is 730 g/mol. The Balaban J connectivity index is 1.38. The van der Waals surface area contributed by atoms with Crippen LogP contribution in [0.15, 0.2) is 60.2 Å². The number of rotatable bonds is 10. The van der Waals surface area contributed by atoms with Crippen molar-refractivity contribution in [3.05, 3.63) is 92.2 Å². The number of benzene rings is 2. The van der Waals surface area contributed by atoms with Gasteiger partial charge in [-0.25, -0.2) is 0 Å². The molecule has 5 atom stereocenters. The lowest BCUT2D eigenvalue weighted by atomic mass is 9.64. The van der Waals surface area contributed by atoms with E-state index < -0.39 is 17.1 Å². The van der Waals surface area contributed by atoms with Gasteiger partial charge in [0.25, 0.3) is 0 Å². The summed E-state index contributed by atoms with van der Waals surface area (Å²) in [6.45, 7) is 7.55. The van der Waals surface area contributed by atoms with E-state index in [1.165, 1.54) is 16.9 Å². The molecule has 1 saturated heterocycles. The highest BCUT2D eigenvalue weighted by Gasteiger charge is 2.57. The van der Waals surface area contributed by atoms with Crippen LogP contribution in [0.1, 0.15) is 108 Å². The molecule has 52 heavy (non-hydrogen) atoms. The fraction of sp³-hybridized carbons (Fsp3) is 0.535. The summed E-state index contributed by atoms with van der Waals surface area (Å²) in [5, 5.41) is 24.0. The van der Waals surface area contributed by atoms with Gasteiger partial charge in [-0.3, -0.25) is 9.59 Å². The second-order valence-corrected chi connectivity index (χ2v) is 16.8. The summed E-state index contributed by atoms with van der Waals surface area (Å²) in [6, 6.07) is 15.5. The summed E-state index contributed by atoms with van der Waals surface area (Å²) < 4.78 is 17.0. The number of carbonyl (C=O) groups excluding carboxylic acids is 2.